The maximum atomic E-state index is 12.1. The summed E-state index contributed by atoms with van der Waals surface area (Å²) in [5.74, 6) is 0.640. The highest BCUT2D eigenvalue weighted by atomic mass is 35.5. The standard InChI is InChI=1S/C15H20ClNO2/c1-12-2-4-13(5-3-12)6-7-15(18)17-8-9-19-14(10-16)11-17/h2-5,14H,6-11H2,1H3. The molecule has 1 unspecified atom stereocenters. The number of rotatable bonds is 4. The number of hydrogen-bond acceptors (Lipinski definition) is 2. The number of morpholine rings is 1. The van der Waals surface area contributed by atoms with Gasteiger partial charge >= 0.3 is 0 Å². The number of carbonyl (C=O) groups excluding carboxylic acids is 1. The van der Waals surface area contributed by atoms with Gasteiger partial charge in [0.25, 0.3) is 0 Å². The topological polar surface area (TPSA) is 29.5 Å². The molecule has 1 atom stereocenters. The van der Waals surface area contributed by atoms with E-state index in [0.717, 1.165) is 6.42 Å². The van der Waals surface area contributed by atoms with Crippen molar-refractivity contribution in [2.45, 2.75) is 25.9 Å². The molecule has 0 saturated carbocycles. The van der Waals surface area contributed by atoms with Crippen LogP contribution in [-0.4, -0.2) is 42.5 Å². The van der Waals surface area contributed by atoms with Crippen LogP contribution in [-0.2, 0) is 16.0 Å². The van der Waals surface area contributed by atoms with Crippen LogP contribution in [0.25, 0.3) is 0 Å². The van der Waals surface area contributed by atoms with E-state index in [9.17, 15) is 4.79 Å². The van der Waals surface area contributed by atoms with Gasteiger partial charge in [-0.3, -0.25) is 4.79 Å². The maximum Gasteiger partial charge on any atom is 0.223 e. The van der Waals surface area contributed by atoms with Crippen molar-refractivity contribution in [1.29, 1.82) is 0 Å². The van der Waals surface area contributed by atoms with Crippen molar-refractivity contribution in [3.8, 4) is 0 Å². The van der Waals surface area contributed by atoms with E-state index in [4.69, 9.17) is 16.3 Å². The summed E-state index contributed by atoms with van der Waals surface area (Å²) in [7, 11) is 0. The van der Waals surface area contributed by atoms with E-state index in [0.29, 0.717) is 32.0 Å². The largest absolute Gasteiger partial charge is 0.373 e. The Balaban J connectivity index is 1.82. The number of carbonyl (C=O) groups is 1. The van der Waals surface area contributed by atoms with E-state index in [1.807, 2.05) is 4.90 Å². The monoisotopic (exact) mass is 281 g/mol. The number of benzene rings is 1. The summed E-state index contributed by atoms with van der Waals surface area (Å²) in [5, 5.41) is 0. The lowest BCUT2D eigenvalue weighted by Crippen LogP contribution is -2.46. The Morgan fingerprint density at radius 1 is 1.42 bits per heavy atom. The maximum absolute atomic E-state index is 12.1. The zero-order chi connectivity index (χ0) is 13.7. The first-order valence-electron chi connectivity index (χ1n) is 6.70. The molecule has 0 aromatic heterocycles. The lowest BCUT2D eigenvalue weighted by Gasteiger charge is -2.32. The summed E-state index contributed by atoms with van der Waals surface area (Å²) < 4.78 is 5.46. The van der Waals surface area contributed by atoms with E-state index in [1.165, 1.54) is 11.1 Å². The van der Waals surface area contributed by atoms with Crippen molar-refractivity contribution >= 4 is 17.5 Å². The third-order valence-electron chi connectivity index (χ3n) is 3.41. The number of alkyl halides is 1. The Morgan fingerprint density at radius 2 is 2.16 bits per heavy atom. The highest BCUT2D eigenvalue weighted by Crippen LogP contribution is 2.11. The summed E-state index contributed by atoms with van der Waals surface area (Å²) in [6.07, 6.45) is 1.33. The Kier molecular flexibility index (Phi) is 5.23. The van der Waals surface area contributed by atoms with Crippen molar-refractivity contribution in [3.05, 3.63) is 35.4 Å². The number of halogens is 1. The fourth-order valence-electron chi connectivity index (χ4n) is 2.20. The average molecular weight is 282 g/mol. The Labute approximate surface area is 119 Å². The summed E-state index contributed by atoms with van der Waals surface area (Å²) in [6, 6.07) is 8.34. The lowest BCUT2D eigenvalue weighted by atomic mass is 10.1. The molecule has 1 aromatic carbocycles. The molecule has 1 amide bonds. The van der Waals surface area contributed by atoms with Gasteiger partial charge in [-0.1, -0.05) is 29.8 Å². The van der Waals surface area contributed by atoms with Gasteiger partial charge in [0.05, 0.1) is 18.6 Å². The molecule has 2 rings (SSSR count). The van der Waals surface area contributed by atoms with E-state index in [1.54, 1.807) is 0 Å². The molecule has 1 saturated heterocycles. The molecule has 1 fully saturated rings. The molecule has 0 bridgehead atoms. The molecular weight excluding hydrogens is 262 g/mol. The number of amides is 1. The van der Waals surface area contributed by atoms with Crippen LogP contribution < -0.4 is 0 Å². The molecule has 0 radical (unpaired) electrons. The number of hydrogen-bond donors (Lipinski definition) is 0. The van der Waals surface area contributed by atoms with E-state index >= 15 is 0 Å². The van der Waals surface area contributed by atoms with Gasteiger partial charge in [-0.15, -0.1) is 11.6 Å². The van der Waals surface area contributed by atoms with E-state index in [2.05, 4.69) is 31.2 Å². The molecule has 0 N–H and O–H groups in total. The van der Waals surface area contributed by atoms with Gasteiger partial charge < -0.3 is 9.64 Å². The van der Waals surface area contributed by atoms with Gasteiger partial charge in [0.1, 0.15) is 0 Å². The predicted octanol–water partition coefficient (Wildman–Crippen LogP) is 2.39. The van der Waals surface area contributed by atoms with Crippen molar-refractivity contribution in [2.75, 3.05) is 25.6 Å². The smallest absolute Gasteiger partial charge is 0.223 e. The first-order chi connectivity index (χ1) is 9.19. The quantitative estimate of drug-likeness (QED) is 0.793. The Hall–Kier alpha value is -1.06. The van der Waals surface area contributed by atoms with Gasteiger partial charge in [0, 0.05) is 19.5 Å². The molecule has 3 nitrogen and oxygen atoms in total. The van der Waals surface area contributed by atoms with Crippen LogP contribution in [0.5, 0.6) is 0 Å². The number of nitrogens with zero attached hydrogens (tertiary/aromatic N) is 1. The zero-order valence-electron chi connectivity index (χ0n) is 11.3. The minimum atomic E-state index is -0.0151. The van der Waals surface area contributed by atoms with Crippen molar-refractivity contribution < 1.29 is 9.53 Å². The molecule has 19 heavy (non-hydrogen) atoms. The predicted molar refractivity (Wildman–Crippen MR) is 76.5 cm³/mol. The minimum absolute atomic E-state index is 0.0151. The van der Waals surface area contributed by atoms with Gasteiger partial charge in [0.15, 0.2) is 0 Å². The number of aryl methyl sites for hydroxylation is 2. The van der Waals surface area contributed by atoms with Crippen LogP contribution in [0.4, 0.5) is 0 Å². The fraction of sp³-hybridized carbons (Fsp3) is 0.533. The van der Waals surface area contributed by atoms with Crippen molar-refractivity contribution in [3.63, 3.8) is 0 Å². The van der Waals surface area contributed by atoms with Crippen LogP contribution in [0.15, 0.2) is 24.3 Å². The van der Waals surface area contributed by atoms with Crippen LogP contribution in [0.2, 0.25) is 0 Å². The second kappa shape index (κ2) is 6.92. The fourth-order valence-corrected chi connectivity index (χ4v) is 2.39. The highest BCUT2D eigenvalue weighted by molar-refractivity contribution is 6.18. The average Bonchev–Trinajstić information content (AvgIpc) is 2.46. The molecule has 1 aromatic rings. The molecule has 4 heteroatoms. The molecule has 1 heterocycles. The second-order valence-corrected chi connectivity index (χ2v) is 5.28. The molecule has 0 aliphatic carbocycles. The first kappa shape index (κ1) is 14.4. The second-order valence-electron chi connectivity index (χ2n) is 4.97. The molecule has 1 aliphatic heterocycles. The van der Waals surface area contributed by atoms with Crippen LogP contribution in [0.3, 0.4) is 0 Å². The molecule has 0 spiro atoms. The summed E-state index contributed by atoms with van der Waals surface area (Å²) in [4.78, 5) is 14.0. The van der Waals surface area contributed by atoms with Crippen LogP contribution >= 0.6 is 11.6 Å². The van der Waals surface area contributed by atoms with Gasteiger partial charge in [-0.05, 0) is 18.9 Å². The first-order valence-corrected chi connectivity index (χ1v) is 7.23. The van der Waals surface area contributed by atoms with Gasteiger partial charge in [0.2, 0.25) is 5.91 Å². The zero-order valence-corrected chi connectivity index (χ0v) is 12.0. The summed E-state index contributed by atoms with van der Waals surface area (Å²) >= 11 is 5.78. The van der Waals surface area contributed by atoms with Crippen molar-refractivity contribution in [1.82, 2.24) is 4.90 Å². The SMILES string of the molecule is Cc1ccc(CCC(=O)N2CCOC(CCl)C2)cc1. The summed E-state index contributed by atoms with van der Waals surface area (Å²) in [5.41, 5.74) is 2.45. The van der Waals surface area contributed by atoms with E-state index in [-0.39, 0.29) is 12.0 Å². The normalized spacial score (nSPS) is 19.5. The van der Waals surface area contributed by atoms with Gasteiger partial charge in [-0.2, -0.15) is 0 Å². The lowest BCUT2D eigenvalue weighted by molar-refractivity contribution is -0.137. The Morgan fingerprint density at radius 3 is 2.84 bits per heavy atom. The van der Waals surface area contributed by atoms with E-state index < -0.39 is 0 Å². The number of ether oxygens (including phenoxy) is 1. The minimum Gasteiger partial charge on any atom is -0.373 e. The van der Waals surface area contributed by atoms with Gasteiger partial charge in [-0.25, -0.2) is 0 Å². The molecule has 1 aliphatic rings. The third kappa shape index (κ3) is 4.22. The summed E-state index contributed by atoms with van der Waals surface area (Å²) in [6.45, 7) is 3.96. The molecule has 104 valence electrons. The van der Waals surface area contributed by atoms with Crippen LogP contribution in [0, 0.1) is 6.92 Å². The molecular formula is C15H20ClNO2. The highest BCUT2D eigenvalue weighted by Gasteiger charge is 2.23. The third-order valence-corrected chi connectivity index (χ3v) is 3.76. The van der Waals surface area contributed by atoms with Crippen molar-refractivity contribution in [2.24, 2.45) is 0 Å². The van der Waals surface area contributed by atoms with Crippen LogP contribution in [0.1, 0.15) is 17.5 Å². The Bertz CT molecular complexity index is 419.